The SMILES string of the molecule is CC(=O)OCc1cc(Oc2nccc3occc23)ccc1-c1c(C)c(=O)n(COCCS)c(=O)n1C. The van der Waals surface area contributed by atoms with E-state index in [0.29, 0.717) is 57.3 Å². The average Bonchev–Trinajstić information content (AvgIpc) is 3.35. The lowest BCUT2D eigenvalue weighted by Gasteiger charge is -2.18. The van der Waals surface area contributed by atoms with Crippen LogP contribution in [0.4, 0.5) is 0 Å². The van der Waals surface area contributed by atoms with Crippen LogP contribution in [0, 0.1) is 6.92 Å². The van der Waals surface area contributed by atoms with Crippen molar-refractivity contribution in [3.8, 4) is 22.9 Å². The Balaban J connectivity index is 1.79. The Labute approximate surface area is 211 Å². The Morgan fingerprint density at radius 2 is 2.00 bits per heavy atom. The predicted molar refractivity (Wildman–Crippen MR) is 135 cm³/mol. The molecule has 10 nitrogen and oxygen atoms in total. The number of hydrogen-bond donors (Lipinski definition) is 1. The first-order chi connectivity index (χ1) is 17.3. The van der Waals surface area contributed by atoms with Crippen LogP contribution in [-0.2, 0) is 34.7 Å². The minimum absolute atomic E-state index is 0.0903. The maximum Gasteiger partial charge on any atom is 0.333 e. The number of carbonyl (C=O) groups is 1. The summed E-state index contributed by atoms with van der Waals surface area (Å²) in [7, 11) is 1.57. The van der Waals surface area contributed by atoms with E-state index in [1.54, 1.807) is 56.8 Å². The highest BCUT2D eigenvalue weighted by Crippen LogP contribution is 2.33. The molecular formula is C25H25N3O7S. The van der Waals surface area contributed by atoms with Crippen LogP contribution in [0.15, 0.2) is 56.8 Å². The van der Waals surface area contributed by atoms with Gasteiger partial charge in [-0.15, -0.1) is 0 Å². The number of rotatable bonds is 9. The summed E-state index contributed by atoms with van der Waals surface area (Å²) < 4.78 is 24.4. The van der Waals surface area contributed by atoms with Crippen molar-refractivity contribution in [3.63, 3.8) is 0 Å². The minimum atomic E-state index is -0.533. The number of nitrogens with zero attached hydrogens (tertiary/aromatic N) is 3. The predicted octanol–water partition coefficient (Wildman–Crippen LogP) is 3.42. The molecular weight excluding hydrogens is 486 g/mol. The molecule has 0 unspecified atom stereocenters. The fourth-order valence-corrected chi connectivity index (χ4v) is 3.99. The highest BCUT2D eigenvalue weighted by molar-refractivity contribution is 7.80. The number of esters is 1. The van der Waals surface area contributed by atoms with Gasteiger partial charge in [-0.3, -0.25) is 14.2 Å². The van der Waals surface area contributed by atoms with E-state index in [9.17, 15) is 14.4 Å². The van der Waals surface area contributed by atoms with E-state index < -0.39 is 17.2 Å². The molecule has 4 rings (SSSR count). The number of furan rings is 1. The van der Waals surface area contributed by atoms with Gasteiger partial charge in [-0.05, 0) is 37.3 Å². The summed E-state index contributed by atoms with van der Waals surface area (Å²) in [6.07, 6.45) is 3.12. The van der Waals surface area contributed by atoms with Gasteiger partial charge in [0, 0.05) is 42.6 Å². The lowest BCUT2D eigenvalue weighted by atomic mass is 10.0. The molecule has 0 fully saturated rings. The Morgan fingerprint density at radius 3 is 2.75 bits per heavy atom. The monoisotopic (exact) mass is 511 g/mol. The normalized spacial score (nSPS) is 11.1. The minimum Gasteiger partial charge on any atom is -0.464 e. The maximum atomic E-state index is 13.0. The van der Waals surface area contributed by atoms with E-state index in [2.05, 4.69) is 17.6 Å². The molecule has 188 valence electrons. The summed E-state index contributed by atoms with van der Waals surface area (Å²) in [5, 5.41) is 0.699. The topological polar surface area (TPSA) is 115 Å². The summed E-state index contributed by atoms with van der Waals surface area (Å²) in [4.78, 5) is 41.9. The van der Waals surface area contributed by atoms with Gasteiger partial charge >= 0.3 is 11.7 Å². The zero-order valence-electron chi connectivity index (χ0n) is 20.0. The lowest BCUT2D eigenvalue weighted by Crippen LogP contribution is -2.41. The molecule has 0 radical (unpaired) electrons. The second-order valence-corrected chi connectivity index (χ2v) is 8.41. The van der Waals surface area contributed by atoms with Gasteiger partial charge in [-0.1, -0.05) is 0 Å². The molecule has 3 heterocycles. The van der Waals surface area contributed by atoms with Gasteiger partial charge in [0.25, 0.3) is 5.56 Å². The number of hydrogen-bond acceptors (Lipinski definition) is 9. The van der Waals surface area contributed by atoms with Crippen molar-refractivity contribution in [1.29, 1.82) is 0 Å². The van der Waals surface area contributed by atoms with E-state index in [1.165, 1.54) is 11.5 Å². The zero-order chi connectivity index (χ0) is 25.8. The molecule has 1 aromatic carbocycles. The number of carbonyl (C=O) groups excluding carboxylic acids is 1. The second kappa shape index (κ2) is 10.8. The Kier molecular flexibility index (Phi) is 7.61. The maximum absolute atomic E-state index is 13.0. The van der Waals surface area contributed by atoms with E-state index >= 15 is 0 Å². The summed E-state index contributed by atoms with van der Waals surface area (Å²) in [5.41, 5.74) is 1.46. The van der Waals surface area contributed by atoms with Crippen LogP contribution in [0.5, 0.6) is 11.6 Å². The Hall–Kier alpha value is -3.83. The van der Waals surface area contributed by atoms with Crippen LogP contribution in [0.1, 0.15) is 18.1 Å². The molecule has 36 heavy (non-hydrogen) atoms. The molecule has 0 amide bonds. The van der Waals surface area contributed by atoms with Gasteiger partial charge in [0.05, 0.1) is 24.0 Å². The Morgan fingerprint density at radius 1 is 1.19 bits per heavy atom. The third-order valence-electron chi connectivity index (χ3n) is 5.55. The number of ether oxygens (including phenoxy) is 3. The number of aromatic nitrogens is 3. The molecule has 0 atom stereocenters. The van der Waals surface area contributed by atoms with Crippen LogP contribution in [0.3, 0.4) is 0 Å². The summed E-state index contributed by atoms with van der Waals surface area (Å²) in [6, 6.07) is 8.57. The molecule has 0 aliphatic carbocycles. The largest absolute Gasteiger partial charge is 0.464 e. The smallest absolute Gasteiger partial charge is 0.333 e. The number of thiol groups is 1. The van der Waals surface area contributed by atoms with Gasteiger partial charge in [0.1, 0.15) is 24.7 Å². The first kappa shape index (κ1) is 25.3. The van der Waals surface area contributed by atoms with E-state index in [-0.39, 0.29) is 13.3 Å². The standard InChI is InChI=1S/C25H25N3O7S/c1-15-22(27(3)25(31)28(24(15)30)14-32-10-11-36)19-5-4-18(12-17(19)13-34-16(2)29)35-23-20-7-9-33-21(20)6-8-26-23/h4-9,12,36H,10-11,13-14H2,1-3H3. The van der Waals surface area contributed by atoms with Crippen LogP contribution in [0.2, 0.25) is 0 Å². The van der Waals surface area contributed by atoms with Crippen molar-refractivity contribution in [2.45, 2.75) is 27.2 Å². The molecule has 0 N–H and O–H groups in total. The molecule has 0 saturated heterocycles. The highest BCUT2D eigenvalue weighted by Gasteiger charge is 2.20. The molecule has 0 aliphatic rings. The summed E-state index contributed by atoms with van der Waals surface area (Å²) in [5.74, 6) is 0.766. The molecule has 0 saturated carbocycles. The summed E-state index contributed by atoms with van der Waals surface area (Å²) in [6.45, 7) is 2.97. The number of pyridine rings is 1. The highest BCUT2D eigenvalue weighted by atomic mass is 32.1. The number of benzene rings is 1. The quantitative estimate of drug-likeness (QED) is 0.207. The van der Waals surface area contributed by atoms with Gasteiger partial charge in [-0.25, -0.2) is 14.3 Å². The second-order valence-electron chi connectivity index (χ2n) is 7.96. The van der Waals surface area contributed by atoms with Crippen LogP contribution >= 0.6 is 12.6 Å². The first-order valence-electron chi connectivity index (χ1n) is 11.1. The molecule has 0 bridgehead atoms. The van der Waals surface area contributed by atoms with Crippen LogP contribution in [-0.4, -0.2) is 32.4 Å². The van der Waals surface area contributed by atoms with Crippen molar-refractivity contribution in [2.24, 2.45) is 7.05 Å². The average molecular weight is 512 g/mol. The lowest BCUT2D eigenvalue weighted by molar-refractivity contribution is -0.142. The van der Waals surface area contributed by atoms with Crippen molar-refractivity contribution >= 4 is 29.6 Å². The molecule has 0 aliphatic heterocycles. The third kappa shape index (κ3) is 5.07. The zero-order valence-corrected chi connectivity index (χ0v) is 20.9. The van der Waals surface area contributed by atoms with E-state index in [0.717, 1.165) is 4.57 Å². The molecule has 0 spiro atoms. The van der Waals surface area contributed by atoms with Crippen molar-refractivity contribution in [3.05, 3.63) is 74.8 Å². The van der Waals surface area contributed by atoms with E-state index in [4.69, 9.17) is 18.6 Å². The van der Waals surface area contributed by atoms with Gasteiger partial charge in [-0.2, -0.15) is 12.6 Å². The first-order valence-corrected chi connectivity index (χ1v) is 11.7. The fraction of sp³-hybridized carbons (Fsp3) is 0.280. The van der Waals surface area contributed by atoms with Crippen LogP contribution in [0.25, 0.3) is 22.2 Å². The molecule has 11 heteroatoms. The van der Waals surface area contributed by atoms with Crippen molar-refractivity contribution in [1.82, 2.24) is 14.1 Å². The molecule has 4 aromatic rings. The van der Waals surface area contributed by atoms with Crippen molar-refractivity contribution in [2.75, 3.05) is 12.4 Å². The van der Waals surface area contributed by atoms with E-state index in [1.807, 2.05) is 0 Å². The van der Waals surface area contributed by atoms with Gasteiger partial charge in [0.15, 0.2) is 0 Å². The summed E-state index contributed by atoms with van der Waals surface area (Å²) >= 11 is 4.07. The van der Waals surface area contributed by atoms with Crippen LogP contribution < -0.4 is 16.0 Å². The third-order valence-corrected chi connectivity index (χ3v) is 5.73. The van der Waals surface area contributed by atoms with Gasteiger partial charge in [0.2, 0.25) is 5.88 Å². The van der Waals surface area contributed by atoms with Crippen molar-refractivity contribution < 1.29 is 23.4 Å². The van der Waals surface area contributed by atoms with Gasteiger partial charge < -0.3 is 18.6 Å². The molecule has 3 aromatic heterocycles. The number of fused-ring (bicyclic) bond motifs is 1. The Bertz CT molecular complexity index is 1500. The fourth-order valence-electron chi connectivity index (χ4n) is 3.86.